The number of hydrogen-bond donors (Lipinski definition) is 1. The second-order valence-corrected chi connectivity index (χ2v) is 6.19. The van der Waals surface area contributed by atoms with Crippen LogP contribution in [0.3, 0.4) is 0 Å². The van der Waals surface area contributed by atoms with E-state index in [1.165, 1.54) is 12.8 Å². The zero-order chi connectivity index (χ0) is 13.2. The molecular formula is C14H25NO3. The molecule has 18 heavy (non-hydrogen) atoms. The molecule has 0 bridgehead atoms. The van der Waals surface area contributed by atoms with Crippen LogP contribution in [0.1, 0.15) is 39.5 Å². The Morgan fingerprint density at radius 2 is 2.28 bits per heavy atom. The zero-order valence-corrected chi connectivity index (χ0v) is 11.5. The lowest BCUT2D eigenvalue weighted by Gasteiger charge is -2.43. The first kappa shape index (κ1) is 13.8. The number of carbonyl (C=O) groups is 1. The van der Waals surface area contributed by atoms with Crippen molar-refractivity contribution in [2.24, 2.45) is 11.3 Å². The summed E-state index contributed by atoms with van der Waals surface area (Å²) in [4.78, 5) is 14.0. The van der Waals surface area contributed by atoms with Crippen molar-refractivity contribution in [1.29, 1.82) is 0 Å². The summed E-state index contributed by atoms with van der Waals surface area (Å²) in [5.74, 6) is 0.0765. The first-order valence-corrected chi connectivity index (χ1v) is 7.09. The maximum atomic E-state index is 11.6. The summed E-state index contributed by atoms with van der Waals surface area (Å²) in [7, 11) is 0. The van der Waals surface area contributed by atoms with Crippen LogP contribution >= 0.6 is 0 Å². The van der Waals surface area contributed by atoms with Crippen molar-refractivity contribution in [3.63, 3.8) is 0 Å². The molecule has 3 atom stereocenters. The molecule has 4 nitrogen and oxygen atoms in total. The summed E-state index contributed by atoms with van der Waals surface area (Å²) in [6, 6.07) is 0.493. The molecule has 0 amide bonds. The summed E-state index contributed by atoms with van der Waals surface area (Å²) in [6.07, 6.45) is 3.98. The standard InChI is InChI=1S/C14H25NO3/c1-11-4-6-15(12(2)8-11)9-14(13(16)17)5-3-7-18-10-14/h11-12H,3-10H2,1-2H3,(H,16,17). The third-order valence-corrected chi connectivity index (χ3v) is 4.56. The number of ether oxygens (including phenoxy) is 1. The smallest absolute Gasteiger partial charge is 0.313 e. The van der Waals surface area contributed by atoms with E-state index in [9.17, 15) is 9.90 Å². The highest BCUT2D eigenvalue weighted by molar-refractivity contribution is 5.75. The van der Waals surface area contributed by atoms with Crippen molar-refractivity contribution in [3.8, 4) is 0 Å². The SMILES string of the molecule is CC1CCN(CC2(C(=O)O)CCCOC2)C(C)C1. The van der Waals surface area contributed by atoms with E-state index in [4.69, 9.17) is 4.74 Å². The number of nitrogens with zero attached hydrogens (tertiary/aromatic N) is 1. The Balaban J connectivity index is 2.02. The molecule has 2 aliphatic rings. The van der Waals surface area contributed by atoms with Crippen LogP contribution in [-0.4, -0.2) is 48.3 Å². The summed E-state index contributed by atoms with van der Waals surface area (Å²) in [5.41, 5.74) is -0.674. The highest BCUT2D eigenvalue weighted by Gasteiger charge is 2.43. The van der Waals surface area contributed by atoms with E-state index in [1.807, 2.05) is 0 Å². The molecule has 0 spiro atoms. The van der Waals surface area contributed by atoms with Gasteiger partial charge in [-0.1, -0.05) is 6.92 Å². The minimum atomic E-state index is -0.687. The van der Waals surface area contributed by atoms with Crippen molar-refractivity contribution < 1.29 is 14.6 Å². The Hall–Kier alpha value is -0.610. The van der Waals surface area contributed by atoms with Gasteiger partial charge in [0.25, 0.3) is 0 Å². The van der Waals surface area contributed by atoms with Gasteiger partial charge in [-0.05, 0) is 45.1 Å². The Morgan fingerprint density at radius 3 is 2.83 bits per heavy atom. The molecule has 104 valence electrons. The van der Waals surface area contributed by atoms with E-state index in [1.54, 1.807) is 0 Å². The zero-order valence-electron chi connectivity index (χ0n) is 11.5. The molecule has 2 heterocycles. The molecule has 3 unspecified atom stereocenters. The van der Waals surface area contributed by atoms with Crippen LogP contribution in [-0.2, 0) is 9.53 Å². The molecule has 4 heteroatoms. The Bertz CT molecular complexity index is 299. The average Bonchev–Trinajstić information content (AvgIpc) is 2.34. The molecule has 0 aliphatic carbocycles. The van der Waals surface area contributed by atoms with Crippen LogP contribution in [0.15, 0.2) is 0 Å². The molecule has 0 aromatic heterocycles. The first-order valence-electron chi connectivity index (χ1n) is 7.09. The number of carboxylic acids is 1. The molecule has 0 aromatic rings. The van der Waals surface area contributed by atoms with E-state index >= 15 is 0 Å². The summed E-state index contributed by atoms with van der Waals surface area (Å²) >= 11 is 0. The number of hydrogen-bond acceptors (Lipinski definition) is 3. The van der Waals surface area contributed by atoms with Gasteiger partial charge in [-0.2, -0.15) is 0 Å². The predicted octanol–water partition coefficient (Wildman–Crippen LogP) is 1.99. The highest BCUT2D eigenvalue weighted by Crippen LogP contribution is 2.33. The van der Waals surface area contributed by atoms with Gasteiger partial charge >= 0.3 is 5.97 Å². The summed E-state index contributed by atoms with van der Waals surface area (Å²) in [6.45, 7) is 7.26. The monoisotopic (exact) mass is 255 g/mol. The van der Waals surface area contributed by atoms with Gasteiger partial charge in [0, 0.05) is 19.2 Å². The molecule has 2 aliphatic heterocycles. The van der Waals surface area contributed by atoms with E-state index < -0.39 is 11.4 Å². The minimum Gasteiger partial charge on any atom is -0.481 e. The average molecular weight is 255 g/mol. The fourth-order valence-electron chi connectivity index (χ4n) is 3.29. The lowest BCUT2D eigenvalue weighted by Crippen LogP contribution is -2.52. The Morgan fingerprint density at radius 1 is 1.50 bits per heavy atom. The molecule has 2 rings (SSSR count). The van der Waals surface area contributed by atoms with Crippen molar-refractivity contribution in [2.45, 2.75) is 45.6 Å². The summed E-state index contributed by atoms with van der Waals surface area (Å²) < 4.78 is 5.44. The number of likely N-dealkylation sites (tertiary alicyclic amines) is 1. The summed E-state index contributed by atoms with van der Waals surface area (Å²) in [5, 5.41) is 9.55. The molecule has 0 saturated carbocycles. The van der Waals surface area contributed by atoms with E-state index in [0.717, 1.165) is 25.3 Å². The highest BCUT2D eigenvalue weighted by atomic mass is 16.5. The third kappa shape index (κ3) is 2.86. The maximum Gasteiger partial charge on any atom is 0.313 e. The Labute approximate surface area is 109 Å². The van der Waals surface area contributed by atoms with E-state index in [0.29, 0.717) is 25.8 Å². The Kier molecular flexibility index (Phi) is 4.28. The second-order valence-electron chi connectivity index (χ2n) is 6.19. The predicted molar refractivity (Wildman–Crippen MR) is 69.6 cm³/mol. The van der Waals surface area contributed by atoms with Crippen molar-refractivity contribution in [1.82, 2.24) is 4.90 Å². The normalized spacial score (nSPS) is 38.6. The number of aliphatic carboxylic acids is 1. The lowest BCUT2D eigenvalue weighted by molar-refractivity contribution is -0.160. The quantitative estimate of drug-likeness (QED) is 0.838. The van der Waals surface area contributed by atoms with Gasteiger partial charge in [-0.3, -0.25) is 9.69 Å². The maximum absolute atomic E-state index is 11.6. The van der Waals surface area contributed by atoms with Gasteiger partial charge in [0.2, 0.25) is 0 Å². The van der Waals surface area contributed by atoms with Gasteiger partial charge in [0.1, 0.15) is 5.41 Å². The number of rotatable bonds is 3. The van der Waals surface area contributed by atoms with Crippen molar-refractivity contribution >= 4 is 5.97 Å². The van der Waals surface area contributed by atoms with Crippen molar-refractivity contribution in [3.05, 3.63) is 0 Å². The van der Waals surface area contributed by atoms with E-state index in [-0.39, 0.29) is 0 Å². The van der Waals surface area contributed by atoms with Gasteiger partial charge in [0.15, 0.2) is 0 Å². The fourth-order valence-corrected chi connectivity index (χ4v) is 3.29. The molecular weight excluding hydrogens is 230 g/mol. The number of carboxylic acid groups (broad SMARTS) is 1. The van der Waals surface area contributed by atoms with Gasteiger partial charge in [0.05, 0.1) is 6.61 Å². The second kappa shape index (κ2) is 5.57. The molecule has 0 radical (unpaired) electrons. The van der Waals surface area contributed by atoms with Crippen LogP contribution in [0, 0.1) is 11.3 Å². The minimum absolute atomic E-state index is 0.376. The van der Waals surface area contributed by atoms with Crippen LogP contribution in [0.5, 0.6) is 0 Å². The van der Waals surface area contributed by atoms with Crippen molar-refractivity contribution in [2.75, 3.05) is 26.3 Å². The van der Waals surface area contributed by atoms with Crippen LogP contribution < -0.4 is 0 Å². The topological polar surface area (TPSA) is 49.8 Å². The fraction of sp³-hybridized carbons (Fsp3) is 0.929. The number of piperidine rings is 1. The van der Waals surface area contributed by atoms with Crippen LogP contribution in [0.2, 0.25) is 0 Å². The molecule has 2 saturated heterocycles. The van der Waals surface area contributed by atoms with Crippen LogP contribution in [0.25, 0.3) is 0 Å². The van der Waals surface area contributed by atoms with Gasteiger partial charge in [-0.15, -0.1) is 0 Å². The first-order chi connectivity index (χ1) is 8.53. The third-order valence-electron chi connectivity index (χ3n) is 4.56. The van der Waals surface area contributed by atoms with Crippen LogP contribution in [0.4, 0.5) is 0 Å². The molecule has 1 N–H and O–H groups in total. The van der Waals surface area contributed by atoms with Gasteiger partial charge in [-0.25, -0.2) is 0 Å². The van der Waals surface area contributed by atoms with E-state index in [2.05, 4.69) is 18.7 Å². The van der Waals surface area contributed by atoms with Gasteiger partial charge < -0.3 is 9.84 Å². The molecule has 2 fully saturated rings. The molecule has 0 aromatic carbocycles. The lowest BCUT2D eigenvalue weighted by atomic mass is 9.80. The largest absolute Gasteiger partial charge is 0.481 e.